The first-order valence-electron chi connectivity index (χ1n) is 7.01. The number of nitrogens with one attached hydrogen (secondary N) is 1. The van der Waals surface area contributed by atoms with Crippen LogP contribution < -0.4 is 11.1 Å². The maximum Gasteiger partial charge on any atom is 0.248 e. The number of amides is 1. The summed E-state index contributed by atoms with van der Waals surface area (Å²) in [5, 5.41) is 4.30. The number of benzene rings is 1. The number of primary amides is 1. The Morgan fingerprint density at radius 1 is 1.25 bits per heavy atom. The van der Waals surface area contributed by atoms with Gasteiger partial charge in [-0.05, 0) is 42.5 Å². The normalized spacial score (nSPS) is 20.7. The minimum Gasteiger partial charge on any atom is -0.366 e. The fraction of sp³-hybridized carbons (Fsp3) is 0.467. The summed E-state index contributed by atoms with van der Waals surface area (Å²) in [4.78, 5) is 15.7. The van der Waals surface area contributed by atoms with Gasteiger partial charge in [0.2, 0.25) is 5.91 Å². The molecule has 0 unspecified atom stereocenters. The number of anilines is 1. The molecule has 0 bridgehead atoms. The van der Waals surface area contributed by atoms with E-state index in [1.165, 1.54) is 25.7 Å². The molecule has 1 aliphatic heterocycles. The van der Waals surface area contributed by atoms with E-state index < -0.39 is 5.91 Å². The van der Waals surface area contributed by atoms with Gasteiger partial charge in [-0.2, -0.15) is 0 Å². The number of aliphatic imine (C=N–C) groups is 1. The third-order valence-corrected chi connectivity index (χ3v) is 5.42. The smallest absolute Gasteiger partial charge is 0.248 e. The lowest BCUT2D eigenvalue weighted by atomic mass is 9.89. The van der Waals surface area contributed by atoms with E-state index in [1.807, 2.05) is 23.9 Å². The molecule has 1 amide bonds. The highest BCUT2D eigenvalue weighted by Gasteiger charge is 2.36. The first-order valence-corrected chi connectivity index (χ1v) is 8.00. The molecule has 0 radical (unpaired) electrons. The van der Waals surface area contributed by atoms with Crippen LogP contribution >= 0.6 is 11.8 Å². The Morgan fingerprint density at radius 3 is 2.50 bits per heavy atom. The van der Waals surface area contributed by atoms with Gasteiger partial charge < -0.3 is 11.1 Å². The summed E-state index contributed by atoms with van der Waals surface area (Å²) < 4.78 is 0. The van der Waals surface area contributed by atoms with E-state index in [2.05, 4.69) is 5.32 Å². The third kappa shape index (κ3) is 2.82. The van der Waals surface area contributed by atoms with Crippen molar-refractivity contribution >= 4 is 28.5 Å². The molecular weight excluding hydrogens is 270 g/mol. The van der Waals surface area contributed by atoms with Crippen LogP contribution in [0.3, 0.4) is 0 Å². The van der Waals surface area contributed by atoms with Gasteiger partial charge in [0.15, 0.2) is 5.17 Å². The van der Waals surface area contributed by atoms with Crippen LogP contribution in [0.5, 0.6) is 0 Å². The molecule has 3 N–H and O–H groups in total. The van der Waals surface area contributed by atoms with E-state index in [0.717, 1.165) is 23.2 Å². The van der Waals surface area contributed by atoms with E-state index in [-0.39, 0.29) is 0 Å². The molecule has 5 heteroatoms. The average molecular weight is 289 g/mol. The predicted octanol–water partition coefficient (Wildman–Crippen LogP) is 2.86. The second-order valence-corrected chi connectivity index (χ2v) is 6.65. The highest BCUT2D eigenvalue weighted by molar-refractivity contribution is 8.14. The number of nitrogens with two attached hydrogens (primary N) is 1. The number of hydrogen-bond donors (Lipinski definition) is 2. The first-order chi connectivity index (χ1) is 9.67. The van der Waals surface area contributed by atoms with Gasteiger partial charge in [-0.15, -0.1) is 0 Å². The summed E-state index contributed by atoms with van der Waals surface area (Å²) in [7, 11) is 0. The molecule has 3 rings (SSSR count). The monoisotopic (exact) mass is 289 g/mol. The minimum atomic E-state index is -0.399. The number of rotatable bonds is 2. The largest absolute Gasteiger partial charge is 0.366 e. The molecule has 1 aromatic rings. The molecule has 1 heterocycles. The third-order valence-electron chi connectivity index (χ3n) is 4.16. The predicted molar refractivity (Wildman–Crippen MR) is 84.2 cm³/mol. The van der Waals surface area contributed by atoms with Crippen molar-refractivity contribution in [3.63, 3.8) is 0 Å². The molecule has 106 valence electrons. The van der Waals surface area contributed by atoms with Crippen LogP contribution in [0.4, 0.5) is 5.69 Å². The molecule has 0 atom stereocenters. The van der Waals surface area contributed by atoms with Gasteiger partial charge in [-0.3, -0.25) is 9.79 Å². The number of amidine groups is 1. The Labute approximate surface area is 123 Å². The van der Waals surface area contributed by atoms with Gasteiger partial charge in [-0.25, -0.2) is 0 Å². The van der Waals surface area contributed by atoms with Crippen LogP contribution in [0.2, 0.25) is 0 Å². The summed E-state index contributed by atoms with van der Waals surface area (Å²) in [6.45, 7) is 0.946. The molecule has 0 saturated heterocycles. The van der Waals surface area contributed by atoms with Crippen LogP contribution in [0, 0.1) is 5.41 Å². The molecule has 20 heavy (non-hydrogen) atoms. The molecule has 4 nitrogen and oxygen atoms in total. The van der Waals surface area contributed by atoms with E-state index in [4.69, 9.17) is 10.7 Å². The van der Waals surface area contributed by atoms with Gasteiger partial charge >= 0.3 is 0 Å². The zero-order chi connectivity index (χ0) is 14.0. The number of hydrogen-bond acceptors (Lipinski definition) is 4. The fourth-order valence-electron chi connectivity index (χ4n) is 2.90. The molecule has 1 saturated carbocycles. The van der Waals surface area contributed by atoms with Crippen molar-refractivity contribution < 1.29 is 4.79 Å². The van der Waals surface area contributed by atoms with Gasteiger partial charge in [0.25, 0.3) is 0 Å². The van der Waals surface area contributed by atoms with Crippen molar-refractivity contribution in [2.75, 3.05) is 17.6 Å². The van der Waals surface area contributed by atoms with Crippen molar-refractivity contribution in [2.45, 2.75) is 25.7 Å². The Kier molecular flexibility index (Phi) is 3.70. The summed E-state index contributed by atoms with van der Waals surface area (Å²) >= 11 is 1.81. The van der Waals surface area contributed by atoms with E-state index in [1.54, 1.807) is 12.1 Å². The maximum atomic E-state index is 11.0. The summed E-state index contributed by atoms with van der Waals surface area (Å²) in [6.07, 6.45) is 5.36. The minimum absolute atomic E-state index is 0.399. The summed E-state index contributed by atoms with van der Waals surface area (Å²) in [5.41, 5.74) is 7.17. The zero-order valence-corrected chi connectivity index (χ0v) is 12.2. The highest BCUT2D eigenvalue weighted by Crippen LogP contribution is 2.43. The van der Waals surface area contributed by atoms with E-state index in [0.29, 0.717) is 11.0 Å². The molecule has 1 aliphatic carbocycles. The Bertz CT molecular complexity index is 533. The van der Waals surface area contributed by atoms with Gasteiger partial charge in [0.05, 0.1) is 0 Å². The van der Waals surface area contributed by atoms with E-state index in [9.17, 15) is 4.79 Å². The molecule has 1 fully saturated rings. The van der Waals surface area contributed by atoms with Crippen molar-refractivity contribution in [1.82, 2.24) is 0 Å². The van der Waals surface area contributed by atoms with Crippen LogP contribution in [0.1, 0.15) is 36.0 Å². The highest BCUT2D eigenvalue weighted by atomic mass is 32.2. The average Bonchev–Trinajstić information content (AvgIpc) is 2.91. The van der Waals surface area contributed by atoms with Crippen molar-refractivity contribution in [2.24, 2.45) is 16.1 Å². The van der Waals surface area contributed by atoms with Gasteiger partial charge in [0.1, 0.15) is 0 Å². The number of thioether (sulfide) groups is 1. The van der Waals surface area contributed by atoms with Crippen molar-refractivity contribution in [1.29, 1.82) is 0 Å². The van der Waals surface area contributed by atoms with Crippen molar-refractivity contribution in [3.8, 4) is 0 Å². The summed E-state index contributed by atoms with van der Waals surface area (Å²) in [6, 6.07) is 7.20. The van der Waals surface area contributed by atoms with Crippen LogP contribution in [-0.2, 0) is 0 Å². The molecular formula is C15H19N3OS. The zero-order valence-electron chi connectivity index (χ0n) is 11.4. The van der Waals surface area contributed by atoms with E-state index >= 15 is 0 Å². The molecule has 2 aliphatic rings. The van der Waals surface area contributed by atoms with Gasteiger partial charge in [0, 0.05) is 23.5 Å². The topological polar surface area (TPSA) is 67.5 Å². The van der Waals surface area contributed by atoms with Crippen LogP contribution in [-0.4, -0.2) is 23.4 Å². The lowest BCUT2D eigenvalue weighted by Gasteiger charge is -2.31. The second-order valence-electron chi connectivity index (χ2n) is 5.68. The Hall–Kier alpha value is -1.49. The summed E-state index contributed by atoms with van der Waals surface area (Å²) in [5.74, 6) is 0.766. The Balaban J connectivity index is 1.63. The lowest BCUT2D eigenvalue weighted by molar-refractivity contribution is 0.100. The number of nitrogens with zero attached hydrogens (tertiary/aromatic N) is 1. The van der Waals surface area contributed by atoms with Crippen molar-refractivity contribution in [3.05, 3.63) is 29.8 Å². The fourth-order valence-corrected chi connectivity index (χ4v) is 4.07. The lowest BCUT2D eigenvalue weighted by Crippen LogP contribution is -2.30. The molecule has 0 aromatic heterocycles. The van der Waals surface area contributed by atoms with Gasteiger partial charge in [-0.1, -0.05) is 24.6 Å². The SMILES string of the molecule is NC(=O)c1ccc(NC2=NCC3(CCCC3)CS2)cc1. The standard InChI is InChI=1S/C15H19N3OS/c16-13(19)11-3-5-12(6-4-11)18-14-17-9-15(10-20-14)7-1-2-8-15/h3-6H,1-2,7-10H2,(H2,16,19)(H,17,18). The van der Waals surface area contributed by atoms with Crippen LogP contribution in [0.15, 0.2) is 29.3 Å². The number of carbonyl (C=O) groups is 1. The number of carbonyl (C=O) groups excluding carboxylic acids is 1. The molecule has 1 spiro atoms. The Morgan fingerprint density at radius 2 is 1.95 bits per heavy atom. The van der Waals surface area contributed by atoms with Crippen LogP contribution in [0.25, 0.3) is 0 Å². The molecule has 1 aromatic carbocycles. The second kappa shape index (κ2) is 5.48. The quantitative estimate of drug-likeness (QED) is 0.879. The maximum absolute atomic E-state index is 11.0. The first kappa shape index (κ1) is 13.5.